The first-order valence-electron chi connectivity index (χ1n) is 3.79. The van der Waals surface area contributed by atoms with Crippen LogP contribution in [0.1, 0.15) is 17.2 Å². The average molecular weight is 211 g/mol. The zero-order valence-electron chi connectivity index (χ0n) is 5.88. The van der Waals surface area contributed by atoms with Gasteiger partial charge in [0.05, 0.1) is 6.10 Å². The summed E-state index contributed by atoms with van der Waals surface area (Å²) in [5.41, 5.74) is 2.85. The molecular formula is C9H7BrO. The van der Waals surface area contributed by atoms with Crippen molar-refractivity contribution < 1.29 is 4.74 Å². The standard InChI is InChI=1S/C9H7BrO/c10-6-3-1-2-5-4-7-9(11-7)8(5)6/h1-3,7,9H,4H2. The molecule has 0 bridgehead atoms. The Hall–Kier alpha value is -0.340. The van der Waals surface area contributed by atoms with E-state index in [0.717, 1.165) is 6.42 Å². The van der Waals surface area contributed by atoms with E-state index in [1.807, 2.05) is 0 Å². The number of benzene rings is 1. The van der Waals surface area contributed by atoms with E-state index >= 15 is 0 Å². The Morgan fingerprint density at radius 2 is 2.36 bits per heavy atom. The van der Waals surface area contributed by atoms with Crippen LogP contribution in [0.15, 0.2) is 22.7 Å². The van der Waals surface area contributed by atoms with Gasteiger partial charge < -0.3 is 4.74 Å². The lowest BCUT2D eigenvalue weighted by Gasteiger charge is -2.02. The van der Waals surface area contributed by atoms with Gasteiger partial charge in [0.2, 0.25) is 0 Å². The first-order valence-corrected chi connectivity index (χ1v) is 4.58. The fourth-order valence-corrected chi connectivity index (χ4v) is 2.48. The van der Waals surface area contributed by atoms with Gasteiger partial charge in [-0.05, 0) is 11.6 Å². The van der Waals surface area contributed by atoms with Gasteiger partial charge in [-0.2, -0.15) is 0 Å². The van der Waals surface area contributed by atoms with Gasteiger partial charge in [-0.15, -0.1) is 0 Å². The maximum atomic E-state index is 5.43. The third-order valence-electron chi connectivity index (χ3n) is 2.43. The second-order valence-electron chi connectivity index (χ2n) is 3.11. The van der Waals surface area contributed by atoms with E-state index in [4.69, 9.17) is 4.74 Å². The summed E-state index contributed by atoms with van der Waals surface area (Å²) in [6.07, 6.45) is 2.03. The second-order valence-corrected chi connectivity index (χ2v) is 3.97. The van der Waals surface area contributed by atoms with E-state index in [-0.39, 0.29) is 0 Å². The van der Waals surface area contributed by atoms with Crippen LogP contribution in [0.4, 0.5) is 0 Å². The quantitative estimate of drug-likeness (QED) is 0.600. The largest absolute Gasteiger partial charge is 0.364 e. The Balaban J connectivity index is 2.25. The maximum Gasteiger partial charge on any atom is 0.111 e. The van der Waals surface area contributed by atoms with Crippen molar-refractivity contribution in [2.75, 3.05) is 0 Å². The first-order chi connectivity index (χ1) is 5.36. The lowest BCUT2D eigenvalue weighted by molar-refractivity contribution is 0.360. The van der Waals surface area contributed by atoms with Gasteiger partial charge in [-0.25, -0.2) is 0 Å². The topological polar surface area (TPSA) is 12.5 Å². The number of ether oxygens (including phenoxy) is 1. The van der Waals surface area contributed by atoms with Crippen molar-refractivity contribution in [3.63, 3.8) is 0 Å². The summed E-state index contributed by atoms with van der Waals surface area (Å²) in [4.78, 5) is 0. The van der Waals surface area contributed by atoms with Crippen molar-refractivity contribution >= 4 is 15.9 Å². The van der Waals surface area contributed by atoms with Gasteiger partial charge in [0.25, 0.3) is 0 Å². The van der Waals surface area contributed by atoms with E-state index in [0.29, 0.717) is 12.2 Å². The Morgan fingerprint density at radius 1 is 1.45 bits per heavy atom. The van der Waals surface area contributed by atoms with E-state index in [2.05, 4.69) is 34.1 Å². The molecule has 2 atom stereocenters. The van der Waals surface area contributed by atoms with Crippen LogP contribution in [0, 0.1) is 0 Å². The summed E-state index contributed by atoms with van der Waals surface area (Å²) < 4.78 is 6.64. The summed E-state index contributed by atoms with van der Waals surface area (Å²) in [5.74, 6) is 0. The summed E-state index contributed by atoms with van der Waals surface area (Å²) in [6.45, 7) is 0. The molecule has 1 aliphatic carbocycles. The average Bonchev–Trinajstić information content (AvgIpc) is 2.62. The number of fused-ring (bicyclic) bond motifs is 3. The molecule has 2 unspecified atom stereocenters. The molecule has 0 radical (unpaired) electrons. The molecule has 1 aromatic carbocycles. The fraction of sp³-hybridized carbons (Fsp3) is 0.333. The number of rotatable bonds is 0. The van der Waals surface area contributed by atoms with E-state index < -0.39 is 0 Å². The van der Waals surface area contributed by atoms with Gasteiger partial charge in [0, 0.05) is 16.5 Å². The van der Waals surface area contributed by atoms with Crippen LogP contribution in [-0.4, -0.2) is 6.10 Å². The first kappa shape index (κ1) is 6.21. The monoisotopic (exact) mass is 210 g/mol. The molecule has 0 amide bonds. The number of hydrogen-bond donors (Lipinski definition) is 0. The Kier molecular flexibility index (Phi) is 1.06. The zero-order valence-corrected chi connectivity index (χ0v) is 7.47. The van der Waals surface area contributed by atoms with Crippen LogP contribution in [0.2, 0.25) is 0 Å². The Labute approximate surface area is 73.5 Å². The lowest BCUT2D eigenvalue weighted by atomic mass is 10.1. The normalized spacial score (nSPS) is 31.4. The molecule has 0 saturated carbocycles. The zero-order chi connectivity index (χ0) is 7.42. The molecular weight excluding hydrogens is 204 g/mol. The molecule has 0 N–H and O–H groups in total. The number of halogens is 1. The molecule has 1 saturated heterocycles. The summed E-state index contributed by atoms with van der Waals surface area (Å²) >= 11 is 3.53. The highest BCUT2D eigenvalue weighted by molar-refractivity contribution is 9.10. The number of epoxide rings is 1. The molecule has 1 aliphatic heterocycles. The molecule has 0 aromatic heterocycles. The Bertz CT molecular complexity index is 321. The van der Waals surface area contributed by atoms with Gasteiger partial charge in [0.15, 0.2) is 0 Å². The molecule has 3 rings (SSSR count). The van der Waals surface area contributed by atoms with Crippen molar-refractivity contribution in [3.05, 3.63) is 33.8 Å². The van der Waals surface area contributed by atoms with E-state index in [9.17, 15) is 0 Å². The molecule has 2 heteroatoms. The molecule has 1 aromatic rings. The van der Waals surface area contributed by atoms with Gasteiger partial charge in [-0.3, -0.25) is 0 Å². The predicted molar refractivity (Wildman–Crippen MR) is 45.5 cm³/mol. The van der Waals surface area contributed by atoms with Crippen LogP contribution < -0.4 is 0 Å². The van der Waals surface area contributed by atoms with E-state index in [1.165, 1.54) is 15.6 Å². The van der Waals surface area contributed by atoms with Gasteiger partial charge in [-0.1, -0.05) is 28.1 Å². The molecule has 1 nitrogen and oxygen atoms in total. The third-order valence-corrected chi connectivity index (χ3v) is 3.12. The van der Waals surface area contributed by atoms with Crippen LogP contribution in [0.3, 0.4) is 0 Å². The Morgan fingerprint density at radius 3 is 3.18 bits per heavy atom. The minimum atomic E-state index is 0.417. The van der Waals surface area contributed by atoms with Crippen LogP contribution >= 0.6 is 15.9 Å². The number of hydrogen-bond acceptors (Lipinski definition) is 1. The summed E-state index contributed by atoms with van der Waals surface area (Å²) in [6, 6.07) is 6.37. The second kappa shape index (κ2) is 1.87. The van der Waals surface area contributed by atoms with Crippen molar-refractivity contribution in [2.24, 2.45) is 0 Å². The van der Waals surface area contributed by atoms with Crippen LogP contribution in [0.25, 0.3) is 0 Å². The van der Waals surface area contributed by atoms with Crippen LogP contribution in [0.5, 0.6) is 0 Å². The molecule has 11 heavy (non-hydrogen) atoms. The molecule has 1 fully saturated rings. The molecule has 0 spiro atoms. The van der Waals surface area contributed by atoms with Gasteiger partial charge >= 0.3 is 0 Å². The third kappa shape index (κ3) is 0.741. The fourth-order valence-electron chi connectivity index (χ4n) is 1.85. The molecule has 2 aliphatic rings. The minimum Gasteiger partial charge on any atom is -0.364 e. The van der Waals surface area contributed by atoms with Crippen LogP contribution in [-0.2, 0) is 11.2 Å². The van der Waals surface area contributed by atoms with Crippen molar-refractivity contribution in [1.29, 1.82) is 0 Å². The predicted octanol–water partition coefficient (Wildman–Crippen LogP) is 2.45. The van der Waals surface area contributed by atoms with Crippen molar-refractivity contribution in [1.82, 2.24) is 0 Å². The van der Waals surface area contributed by atoms with Crippen molar-refractivity contribution in [3.8, 4) is 0 Å². The highest BCUT2D eigenvalue weighted by Gasteiger charge is 2.47. The molecule has 56 valence electrons. The highest BCUT2D eigenvalue weighted by atomic mass is 79.9. The lowest BCUT2D eigenvalue weighted by Crippen LogP contribution is -1.88. The maximum absolute atomic E-state index is 5.43. The van der Waals surface area contributed by atoms with E-state index in [1.54, 1.807) is 0 Å². The van der Waals surface area contributed by atoms with Crippen molar-refractivity contribution in [2.45, 2.75) is 18.6 Å². The SMILES string of the molecule is Brc1cccc2c1C1OC1C2. The smallest absolute Gasteiger partial charge is 0.111 e. The summed E-state index contributed by atoms with van der Waals surface area (Å²) in [5, 5.41) is 0. The molecule has 1 heterocycles. The highest BCUT2D eigenvalue weighted by Crippen LogP contribution is 2.51. The van der Waals surface area contributed by atoms with Gasteiger partial charge in [0.1, 0.15) is 6.10 Å². The summed E-state index contributed by atoms with van der Waals surface area (Å²) in [7, 11) is 0. The minimum absolute atomic E-state index is 0.417.